The van der Waals surface area contributed by atoms with Crippen LogP contribution >= 0.6 is 0 Å². The first-order chi connectivity index (χ1) is 9.70. The third-order valence-electron chi connectivity index (χ3n) is 3.00. The van der Waals surface area contributed by atoms with Crippen molar-refractivity contribution in [3.63, 3.8) is 0 Å². The van der Waals surface area contributed by atoms with E-state index >= 15 is 0 Å². The lowest BCUT2D eigenvalue weighted by Gasteiger charge is -2.06. The summed E-state index contributed by atoms with van der Waals surface area (Å²) in [6, 6.07) is 14.4. The van der Waals surface area contributed by atoms with Gasteiger partial charge >= 0.3 is 0 Å². The molecule has 0 radical (unpaired) electrons. The van der Waals surface area contributed by atoms with Crippen molar-refractivity contribution in [3.8, 4) is 5.75 Å². The Morgan fingerprint density at radius 2 is 1.90 bits per heavy atom. The molecule has 0 spiro atoms. The van der Waals surface area contributed by atoms with E-state index in [-0.39, 0.29) is 11.5 Å². The van der Waals surface area contributed by atoms with Crippen molar-refractivity contribution < 1.29 is 9.90 Å². The molecule has 2 rings (SSSR count). The lowest BCUT2D eigenvalue weighted by atomic mass is 10.00. The van der Waals surface area contributed by atoms with E-state index in [0.29, 0.717) is 18.5 Å². The number of phenolic OH excluding ortho intramolecular Hbond substituents is 1. The molecular weight excluding hydrogens is 250 g/mol. The molecule has 2 aromatic carbocycles. The van der Waals surface area contributed by atoms with Gasteiger partial charge in [-0.05, 0) is 42.3 Å². The zero-order chi connectivity index (χ0) is 14.4. The maximum Gasteiger partial charge on any atom is 0.186 e. The third-order valence-corrected chi connectivity index (χ3v) is 3.00. The Morgan fingerprint density at radius 3 is 2.60 bits per heavy atom. The smallest absolute Gasteiger partial charge is 0.186 e. The zero-order valence-corrected chi connectivity index (χ0v) is 11.1. The van der Waals surface area contributed by atoms with Crippen LogP contribution in [0.4, 0.5) is 0 Å². The number of benzene rings is 2. The molecule has 0 unspecified atom stereocenters. The van der Waals surface area contributed by atoms with E-state index in [2.05, 4.69) is 0 Å². The topological polar surface area (TPSA) is 63.3 Å². The highest BCUT2D eigenvalue weighted by Gasteiger charge is 2.09. The Bertz CT molecular complexity index is 618. The highest BCUT2D eigenvalue weighted by molar-refractivity contribution is 6.08. The highest BCUT2D eigenvalue weighted by Crippen LogP contribution is 2.18. The number of hydrogen-bond acceptors (Lipinski definition) is 3. The zero-order valence-electron chi connectivity index (χ0n) is 11.1. The van der Waals surface area contributed by atoms with Gasteiger partial charge in [-0.3, -0.25) is 4.79 Å². The van der Waals surface area contributed by atoms with Crippen LogP contribution in [0.1, 0.15) is 21.5 Å². The number of hydrogen-bond donors (Lipinski definition) is 2. The Hall–Kier alpha value is -2.39. The minimum atomic E-state index is -0.131. The number of carbonyl (C=O) groups is 1. The second-order valence-electron chi connectivity index (χ2n) is 4.49. The molecule has 0 aliphatic rings. The first-order valence-electron chi connectivity index (χ1n) is 6.50. The molecule has 2 aromatic rings. The highest BCUT2D eigenvalue weighted by atomic mass is 16.3. The van der Waals surface area contributed by atoms with Crippen molar-refractivity contribution >= 4 is 11.9 Å². The van der Waals surface area contributed by atoms with Crippen LogP contribution < -0.4 is 5.73 Å². The SMILES string of the molecule is NCCc1ccc(O)cc1C(=O)C=Cc1ccccc1. The molecule has 0 aliphatic heterocycles. The molecule has 0 amide bonds. The Kier molecular flexibility index (Phi) is 4.69. The predicted molar refractivity (Wildman–Crippen MR) is 80.7 cm³/mol. The quantitative estimate of drug-likeness (QED) is 0.646. The van der Waals surface area contributed by atoms with Gasteiger partial charge in [-0.25, -0.2) is 0 Å². The standard InChI is InChI=1S/C17H17NO2/c18-11-10-14-7-8-15(19)12-16(14)17(20)9-6-13-4-2-1-3-5-13/h1-9,12,19H,10-11,18H2. The number of nitrogens with two attached hydrogens (primary N) is 1. The molecule has 3 heteroatoms. The van der Waals surface area contributed by atoms with Gasteiger partial charge in [-0.15, -0.1) is 0 Å². The van der Waals surface area contributed by atoms with E-state index in [1.807, 2.05) is 30.3 Å². The van der Waals surface area contributed by atoms with Gasteiger partial charge in [0.2, 0.25) is 0 Å². The van der Waals surface area contributed by atoms with E-state index in [4.69, 9.17) is 5.73 Å². The number of aromatic hydroxyl groups is 1. The summed E-state index contributed by atoms with van der Waals surface area (Å²) >= 11 is 0. The normalized spacial score (nSPS) is 10.8. The fourth-order valence-electron chi connectivity index (χ4n) is 1.99. The van der Waals surface area contributed by atoms with Crippen LogP contribution in [0.3, 0.4) is 0 Å². The number of phenols is 1. The summed E-state index contributed by atoms with van der Waals surface area (Å²) in [5, 5.41) is 9.53. The molecule has 0 saturated carbocycles. The second kappa shape index (κ2) is 6.68. The number of allylic oxidation sites excluding steroid dienone is 1. The summed E-state index contributed by atoms with van der Waals surface area (Å²) < 4.78 is 0. The predicted octanol–water partition coefficient (Wildman–Crippen LogP) is 2.79. The van der Waals surface area contributed by atoms with Crippen LogP contribution in [0.25, 0.3) is 6.08 Å². The summed E-state index contributed by atoms with van der Waals surface area (Å²) in [4.78, 5) is 12.2. The minimum absolute atomic E-state index is 0.0854. The van der Waals surface area contributed by atoms with Gasteiger partial charge in [0.25, 0.3) is 0 Å². The van der Waals surface area contributed by atoms with Crippen LogP contribution in [0.15, 0.2) is 54.6 Å². The van der Waals surface area contributed by atoms with Gasteiger partial charge in [0.1, 0.15) is 5.75 Å². The molecule has 0 fully saturated rings. The van der Waals surface area contributed by atoms with Gasteiger partial charge in [-0.2, -0.15) is 0 Å². The lowest BCUT2D eigenvalue weighted by Crippen LogP contribution is -2.07. The molecule has 0 bridgehead atoms. The van der Waals surface area contributed by atoms with Gasteiger partial charge in [-0.1, -0.05) is 42.5 Å². The fraction of sp³-hybridized carbons (Fsp3) is 0.118. The summed E-state index contributed by atoms with van der Waals surface area (Å²) in [5.74, 6) is -0.0459. The van der Waals surface area contributed by atoms with E-state index in [0.717, 1.165) is 11.1 Å². The van der Waals surface area contributed by atoms with E-state index < -0.39 is 0 Å². The van der Waals surface area contributed by atoms with Gasteiger partial charge in [0, 0.05) is 5.56 Å². The first kappa shape index (κ1) is 14.0. The van der Waals surface area contributed by atoms with Crippen molar-refractivity contribution in [1.82, 2.24) is 0 Å². The molecule has 0 heterocycles. The molecule has 0 saturated heterocycles. The second-order valence-corrected chi connectivity index (χ2v) is 4.49. The largest absolute Gasteiger partial charge is 0.508 e. The molecule has 0 aliphatic carbocycles. The van der Waals surface area contributed by atoms with Crippen molar-refractivity contribution in [2.45, 2.75) is 6.42 Å². The number of rotatable bonds is 5. The maximum absolute atomic E-state index is 12.2. The van der Waals surface area contributed by atoms with Gasteiger partial charge in [0.05, 0.1) is 0 Å². The van der Waals surface area contributed by atoms with E-state index in [1.54, 1.807) is 18.2 Å². The van der Waals surface area contributed by atoms with E-state index in [1.165, 1.54) is 12.1 Å². The van der Waals surface area contributed by atoms with Crippen LogP contribution in [-0.4, -0.2) is 17.4 Å². The molecule has 0 atom stereocenters. The van der Waals surface area contributed by atoms with Crippen LogP contribution in [0.2, 0.25) is 0 Å². The molecular formula is C17H17NO2. The van der Waals surface area contributed by atoms with Gasteiger partial charge < -0.3 is 10.8 Å². The van der Waals surface area contributed by atoms with Crippen LogP contribution in [0.5, 0.6) is 5.75 Å². The monoisotopic (exact) mass is 267 g/mol. The molecule has 3 N–H and O–H groups in total. The van der Waals surface area contributed by atoms with Crippen molar-refractivity contribution in [3.05, 3.63) is 71.3 Å². The molecule has 102 valence electrons. The average molecular weight is 267 g/mol. The van der Waals surface area contributed by atoms with Gasteiger partial charge in [0.15, 0.2) is 5.78 Å². The average Bonchev–Trinajstić information content (AvgIpc) is 2.48. The molecule has 3 nitrogen and oxygen atoms in total. The van der Waals surface area contributed by atoms with Crippen molar-refractivity contribution in [1.29, 1.82) is 0 Å². The lowest BCUT2D eigenvalue weighted by molar-refractivity contribution is 0.104. The van der Waals surface area contributed by atoms with E-state index in [9.17, 15) is 9.90 Å². The van der Waals surface area contributed by atoms with Crippen LogP contribution in [0, 0.1) is 0 Å². The minimum Gasteiger partial charge on any atom is -0.508 e. The van der Waals surface area contributed by atoms with Crippen molar-refractivity contribution in [2.75, 3.05) is 6.54 Å². The fourth-order valence-corrected chi connectivity index (χ4v) is 1.99. The van der Waals surface area contributed by atoms with Crippen molar-refractivity contribution in [2.24, 2.45) is 5.73 Å². The Morgan fingerprint density at radius 1 is 1.15 bits per heavy atom. The maximum atomic E-state index is 12.2. The summed E-state index contributed by atoms with van der Waals surface area (Å²) in [5.41, 5.74) is 7.86. The Labute approximate surface area is 118 Å². The molecule has 0 aromatic heterocycles. The third kappa shape index (κ3) is 3.56. The number of ketones is 1. The number of carbonyl (C=O) groups excluding carboxylic acids is 1. The van der Waals surface area contributed by atoms with Crippen LogP contribution in [-0.2, 0) is 6.42 Å². The summed E-state index contributed by atoms with van der Waals surface area (Å²) in [6.45, 7) is 0.466. The molecule has 20 heavy (non-hydrogen) atoms. The summed E-state index contributed by atoms with van der Waals surface area (Å²) in [7, 11) is 0. The Balaban J connectivity index is 2.24. The summed E-state index contributed by atoms with van der Waals surface area (Å²) in [6.07, 6.45) is 3.89. The first-order valence-corrected chi connectivity index (χ1v) is 6.50.